The number of pyridine rings is 1. The van der Waals surface area contributed by atoms with Crippen molar-refractivity contribution in [3.05, 3.63) is 70.8 Å². The fourth-order valence-corrected chi connectivity index (χ4v) is 4.34. The van der Waals surface area contributed by atoms with Crippen molar-refractivity contribution in [1.82, 2.24) is 4.98 Å². The Kier molecular flexibility index (Phi) is 3.36. The molecule has 0 radical (unpaired) electrons. The molecule has 25 heavy (non-hydrogen) atoms. The van der Waals surface area contributed by atoms with Crippen molar-refractivity contribution in [3.8, 4) is 0 Å². The molecule has 0 saturated heterocycles. The number of benzene rings is 1. The van der Waals surface area contributed by atoms with E-state index in [1.54, 1.807) is 0 Å². The summed E-state index contributed by atoms with van der Waals surface area (Å²) in [5.41, 5.74) is 1.95. The van der Waals surface area contributed by atoms with E-state index in [0.29, 0.717) is 23.4 Å². The molecule has 0 amide bonds. The largest absolute Gasteiger partial charge is 0.343 e. The number of rotatable bonds is 1. The maximum atomic E-state index is 14.9. The minimum atomic E-state index is -0.844. The van der Waals surface area contributed by atoms with Gasteiger partial charge < -0.3 is 5.32 Å². The Morgan fingerprint density at radius 1 is 1.08 bits per heavy atom. The number of anilines is 1. The number of Topliss-reactive ketones (excluding diaryl/α,β-unsaturated/α-hetero) is 1. The summed E-state index contributed by atoms with van der Waals surface area (Å²) in [5.74, 6) is 0.252. The maximum absolute atomic E-state index is 14.9. The van der Waals surface area contributed by atoms with Crippen LogP contribution in [0, 0.1) is 11.2 Å². The van der Waals surface area contributed by atoms with Crippen LogP contribution in [0.25, 0.3) is 0 Å². The lowest BCUT2D eigenvalue weighted by Gasteiger charge is -2.44. The van der Waals surface area contributed by atoms with E-state index in [1.165, 1.54) is 12.3 Å². The molecule has 0 spiro atoms. The smallest absolute Gasteiger partial charge is 0.162 e. The first kappa shape index (κ1) is 16.0. The third-order valence-corrected chi connectivity index (χ3v) is 5.40. The highest BCUT2D eigenvalue weighted by Gasteiger charge is 2.49. The zero-order chi connectivity index (χ0) is 17.8. The first-order chi connectivity index (χ1) is 11.8. The summed E-state index contributed by atoms with van der Waals surface area (Å²) in [6.07, 6.45) is 2.68. The molecule has 3 nitrogen and oxygen atoms in total. The summed E-state index contributed by atoms with van der Waals surface area (Å²) >= 11 is 0. The molecule has 2 aromatic rings. The molecule has 2 aliphatic rings. The van der Waals surface area contributed by atoms with E-state index < -0.39 is 5.41 Å². The van der Waals surface area contributed by atoms with Crippen LogP contribution in [0.15, 0.2) is 53.9 Å². The van der Waals surface area contributed by atoms with Crippen LogP contribution in [0.3, 0.4) is 0 Å². The fraction of sp³-hybridized carbons (Fsp3) is 0.333. The van der Waals surface area contributed by atoms with Crippen molar-refractivity contribution >= 4 is 11.6 Å². The average molecular weight is 336 g/mol. The number of ketones is 1. The van der Waals surface area contributed by atoms with Gasteiger partial charge in [0, 0.05) is 29.5 Å². The predicted molar refractivity (Wildman–Crippen MR) is 95.8 cm³/mol. The average Bonchev–Trinajstić information content (AvgIpc) is 2.53. The van der Waals surface area contributed by atoms with Crippen molar-refractivity contribution in [2.45, 2.75) is 39.0 Å². The van der Waals surface area contributed by atoms with Crippen LogP contribution < -0.4 is 5.32 Å². The number of halogens is 1. The van der Waals surface area contributed by atoms with E-state index in [0.717, 1.165) is 17.7 Å². The van der Waals surface area contributed by atoms with Crippen LogP contribution >= 0.6 is 0 Å². The fourth-order valence-electron chi connectivity index (χ4n) is 4.34. The molecule has 1 aliphatic carbocycles. The highest BCUT2D eigenvalue weighted by atomic mass is 19.1. The molecule has 1 atom stereocenters. The molecule has 4 heteroatoms. The molecular formula is C21H21FN2O. The van der Waals surface area contributed by atoms with Crippen molar-refractivity contribution in [1.29, 1.82) is 0 Å². The van der Waals surface area contributed by atoms with Gasteiger partial charge in [-0.05, 0) is 30.4 Å². The number of fused-ring (bicyclic) bond motifs is 1. The third-order valence-electron chi connectivity index (χ3n) is 5.40. The SMILES string of the molecule is CC1(C)CC(=O)C2=C(C1)Nc1nccc(F)c1[C@@]2(C)c1ccccc1. The Hall–Kier alpha value is -2.49. The van der Waals surface area contributed by atoms with Crippen LogP contribution in [-0.2, 0) is 10.2 Å². The number of carbonyl (C=O) groups is 1. The Labute approximate surface area is 147 Å². The van der Waals surface area contributed by atoms with Crippen LogP contribution in [0.5, 0.6) is 0 Å². The van der Waals surface area contributed by atoms with E-state index in [-0.39, 0.29) is 17.0 Å². The molecule has 0 bridgehead atoms. The first-order valence-electron chi connectivity index (χ1n) is 8.57. The molecule has 2 heterocycles. The third kappa shape index (κ3) is 2.31. The summed E-state index contributed by atoms with van der Waals surface area (Å²) in [5, 5.41) is 3.26. The highest BCUT2D eigenvalue weighted by molar-refractivity contribution is 6.02. The quantitative estimate of drug-likeness (QED) is 0.828. The van der Waals surface area contributed by atoms with Crippen molar-refractivity contribution in [2.75, 3.05) is 5.32 Å². The second kappa shape index (κ2) is 5.25. The maximum Gasteiger partial charge on any atom is 0.162 e. The second-order valence-corrected chi connectivity index (χ2v) is 7.93. The van der Waals surface area contributed by atoms with E-state index in [2.05, 4.69) is 24.1 Å². The monoisotopic (exact) mass is 336 g/mol. The first-order valence-corrected chi connectivity index (χ1v) is 8.57. The number of carbonyl (C=O) groups excluding carboxylic acids is 1. The number of hydrogen-bond acceptors (Lipinski definition) is 3. The number of allylic oxidation sites excluding steroid dienone is 2. The van der Waals surface area contributed by atoms with Crippen molar-refractivity contribution in [2.24, 2.45) is 5.41 Å². The van der Waals surface area contributed by atoms with Gasteiger partial charge in [-0.15, -0.1) is 0 Å². The number of nitrogens with zero attached hydrogens (tertiary/aromatic N) is 1. The highest BCUT2D eigenvalue weighted by Crippen LogP contribution is 2.52. The van der Waals surface area contributed by atoms with Gasteiger partial charge in [0.2, 0.25) is 0 Å². The number of nitrogens with one attached hydrogen (secondary N) is 1. The van der Waals surface area contributed by atoms with Gasteiger partial charge >= 0.3 is 0 Å². The Morgan fingerprint density at radius 2 is 1.80 bits per heavy atom. The Balaban J connectivity index is 2.05. The van der Waals surface area contributed by atoms with Gasteiger partial charge in [-0.25, -0.2) is 9.37 Å². The van der Waals surface area contributed by atoms with E-state index in [4.69, 9.17) is 0 Å². The van der Waals surface area contributed by atoms with Gasteiger partial charge in [-0.1, -0.05) is 44.2 Å². The summed E-state index contributed by atoms with van der Waals surface area (Å²) in [4.78, 5) is 17.5. The van der Waals surface area contributed by atoms with Crippen LogP contribution in [-0.4, -0.2) is 10.8 Å². The van der Waals surface area contributed by atoms with Crippen molar-refractivity contribution in [3.63, 3.8) is 0 Å². The van der Waals surface area contributed by atoms with Crippen molar-refractivity contribution < 1.29 is 9.18 Å². The molecule has 128 valence electrons. The van der Waals surface area contributed by atoms with Gasteiger partial charge in [-0.3, -0.25) is 4.79 Å². The lowest BCUT2D eigenvalue weighted by Crippen LogP contribution is -2.42. The normalized spacial score (nSPS) is 24.4. The summed E-state index contributed by atoms with van der Waals surface area (Å²) in [6.45, 7) is 6.12. The standard InChI is InChI=1S/C21H21FN2O/c1-20(2)11-15-18(16(25)12-20)21(3,13-7-5-4-6-8-13)17-14(22)9-10-23-19(17)24-15/h4-10H,11-12H2,1-3H3,(H,23,24)/t21-/m1/s1. The van der Waals surface area contributed by atoms with Gasteiger partial charge in [0.25, 0.3) is 0 Å². The Morgan fingerprint density at radius 3 is 2.52 bits per heavy atom. The molecule has 0 fully saturated rings. The van der Waals surface area contributed by atoms with Crippen LogP contribution in [0.4, 0.5) is 10.2 Å². The lowest BCUT2D eigenvalue weighted by atomic mass is 9.62. The van der Waals surface area contributed by atoms with Gasteiger partial charge in [0.15, 0.2) is 5.78 Å². The molecule has 1 aromatic heterocycles. The van der Waals surface area contributed by atoms with Crippen LogP contribution in [0.2, 0.25) is 0 Å². The predicted octanol–water partition coefficient (Wildman–Crippen LogP) is 4.60. The minimum Gasteiger partial charge on any atom is -0.343 e. The number of hydrogen-bond donors (Lipinski definition) is 1. The molecule has 0 unspecified atom stereocenters. The molecule has 1 aliphatic heterocycles. The minimum absolute atomic E-state index is 0.0824. The van der Waals surface area contributed by atoms with Gasteiger partial charge in [0.1, 0.15) is 11.6 Å². The Bertz CT molecular complexity index is 901. The summed E-state index contributed by atoms with van der Waals surface area (Å²) < 4.78 is 14.9. The van der Waals surface area contributed by atoms with E-state index >= 15 is 0 Å². The molecule has 4 rings (SSSR count). The zero-order valence-corrected chi connectivity index (χ0v) is 14.7. The molecule has 0 saturated carbocycles. The number of aromatic nitrogens is 1. The molecular weight excluding hydrogens is 315 g/mol. The summed E-state index contributed by atoms with van der Waals surface area (Å²) in [6, 6.07) is 11.1. The van der Waals surface area contributed by atoms with Gasteiger partial charge in [-0.2, -0.15) is 0 Å². The topological polar surface area (TPSA) is 42.0 Å². The van der Waals surface area contributed by atoms with E-state index in [1.807, 2.05) is 37.3 Å². The van der Waals surface area contributed by atoms with E-state index in [9.17, 15) is 9.18 Å². The van der Waals surface area contributed by atoms with Gasteiger partial charge in [0.05, 0.1) is 5.41 Å². The summed E-state index contributed by atoms with van der Waals surface area (Å²) in [7, 11) is 0. The molecule has 1 aromatic carbocycles. The lowest BCUT2D eigenvalue weighted by molar-refractivity contribution is -0.118. The van der Waals surface area contributed by atoms with Crippen LogP contribution in [0.1, 0.15) is 44.7 Å². The molecule has 1 N–H and O–H groups in total. The zero-order valence-electron chi connectivity index (χ0n) is 14.7. The second-order valence-electron chi connectivity index (χ2n) is 7.93.